The number of nitrogens with one attached hydrogen (secondary N) is 1. The van der Waals surface area contributed by atoms with Crippen molar-refractivity contribution in [2.24, 2.45) is 11.8 Å². The molecule has 2 aromatic carbocycles. The normalized spacial score (nSPS) is 21.8. The van der Waals surface area contributed by atoms with Crippen LogP contribution < -0.4 is 5.32 Å². The van der Waals surface area contributed by atoms with Crippen LogP contribution in [0.3, 0.4) is 0 Å². The minimum Gasteiger partial charge on any atom is -0.481 e. The lowest BCUT2D eigenvalue weighted by Gasteiger charge is -2.15. The quantitative estimate of drug-likeness (QED) is 0.906. The summed E-state index contributed by atoms with van der Waals surface area (Å²) < 4.78 is 0. The van der Waals surface area contributed by atoms with Crippen LogP contribution in [0.2, 0.25) is 0 Å². The molecule has 1 amide bonds. The molecule has 2 aromatic rings. The first-order valence-corrected chi connectivity index (χ1v) is 7.08. The fraction of sp³-hybridized carbons (Fsp3) is 0.294. The maximum absolute atomic E-state index is 12.0. The van der Waals surface area contributed by atoms with Crippen LogP contribution >= 0.6 is 0 Å². The third-order valence-corrected chi connectivity index (χ3v) is 4.08. The molecule has 3 unspecified atom stereocenters. The lowest BCUT2D eigenvalue weighted by molar-refractivity contribution is -0.140. The molecule has 21 heavy (non-hydrogen) atoms. The molecule has 0 saturated heterocycles. The summed E-state index contributed by atoms with van der Waals surface area (Å²) in [4.78, 5) is 22.8. The minimum absolute atomic E-state index is 0.128. The summed E-state index contributed by atoms with van der Waals surface area (Å²) in [6, 6.07) is 14.0. The number of fused-ring (bicyclic) bond motifs is 1. The molecule has 4 heteroatoms. The van der Waals surface area contributed by atoms with Gasteiger partial charge in [-0.15, -0.1) is 0 Å². The van der Waals surface area contributed by atoms with E-state index in [0.29, 0.717) is 6.42 Å². The van der Waals surface area contributed by atoms with E-state index in [9.17, 15) is 9.59 Å². The number of rotatable bonds is 4. The molecule has 108 valence electrons. The smallest absolute Gasteiger partial charge is 0.307 e. The van der Waals surface area contributed by atoms with Crippen LogP contribution in [0.4, 0.5) is 0 Å². The number of benzene rings is 2. The molecule has 1 saturated carbocycles. The largest absolute Gasteiger partial charge is 0.481 e. The summed E-state index contributed by atoms with van der Waals surface area (Å²) in [5.74, 6) is -1.92. The molecule has 3 atom stereocenters. The van der Waals surface area contributed by atoms with Crippen molar-refractivity contribution in [2.75, 3.05) is 0 Å². The maximum Gasteiger partial charge on any atom is 0.307 e. The van der Waals surface area contributed by atoms with Gasteiger partial charge in [-0.25, -0.2) is 0 Å². The molecule has 2 N–H and O–H groups in total. The molecule has 0 spiro atoms. The zero-order chi connectivity index (χ0) is 15.0. The molecular weight excluding hydrogens is 266 g/mol. The summed E-state index contributed by atoms with van der Waals surface area (Å²) in [5, 5.41) is 14.1. The van der Waals surface area contributed by atoms with Crippen molar-refractivity contribution in [1.29, 1.82) is 0 Å². The van der Waals surface area contributed by atoms with E-state index in [1.54, 1.807) is 0 Å². The molecular formula is C17H17NO3. The standard InChI is InChI=1S/C17H17NO3/c1-10(18-16(19)14-9-15(14)17(20)21)12-7-6-11-4-2-3-5-13(11)8-12/h2-8,10,14-15H,9H2,1H3,(H,18,19)(H,20,21). The summed E-state index contributed by atoms with van der Waals surface area (Å²) >= 11 is 0. The van der Waals surface area contributed by atoms with Crippen molar-refractivity contribution >= 4 is 22.6 Å². The van der Waals surface area contributed by atoms with Gasteiger partial charge in [0.25, 0.3) is 0 Å². The van der Waals surface area contributed by atoms with Crippen molar-refractivity contribution in [3.05, 3.63) is 48.0 Å². The number of hydrogen-bond acceptors (Lipinski definition) is 2. The van der Waals surface area contributed by atoms with E-state index in [4.69, 9.17) is 5.11 Å². The molecule has 0 heterocycles. The average molecular weight is 283 g/mol. The first-order valence-electron chi connectivity index (χ1n) is 7.08. The second-order valence-corrected chi connectivity index (χ2v) is 5.62. The van der Waals surface area contributed by atoms with Gasteiger partial charge in [0.1, 0.15) is 0 Å². The predicted molar refractivity (Wildman–Crippen MR) is 79.7 cm³/mol. The zero-order valence-corrected chi connectivity index (χ0v) is 11.7. The van der Waals surface area contributed by atoms with Gasteiger partial charge >= 0.3 is 5.97 Å². The van der Waals surface area contributed by atoms with Gasteiger partial charge in [-0.3, -0.25) is 9.59 Å². The third-order valence-electron chi connectivity index (χ3n) is 4.08. The number of carbonyl (C=O) groups is 2. The van der Waals surface area contributed by atoms with Gasteiger partial charge in [0, 0.05) is 0 Å². The summed E-state index contributed by atoms with van der Waals surface area (Å²) in [6.07, 6.45) is 0.450. The monoisotopic (exact) mass is 283 g/mol. The van der Waals surface area contributed by atoms with Crippen molar-refractivity contribution in [1.82, 2.24) is 5.32 Å². The molecule has 1 fully saturated rings. The van der Waals surface area contributed by atoms with E-state index in [2.05, 4.69) is 11.4 Å². The van der Waals surface area contributed by atoms with Crippen molar-refractivity contribution in [2.45, 2.75) is 19.4 Å². The number of carboxylic acid groups (broad SMARTS) is 1. The highest BCUT2D eigenvalue weighted by molar-refractivity contribution is 5.90. The Morgan fingerprint density at radius 2 is 1.86 bits per heavy atom. The van der Waals surface area contributed by atoms with Crippen molar-refractivity contribution < 1.29 is 14.7 Å². The number of aliphatic carboxylic acids is 1. The molecule has 1 aliphatic rings. The summed E-state index contributed by atoms with van der Waals surface area (Å²) in [5.41, 5.74) is 1.02. The van der Waals surface area contributed by atoms with Crippen LogP contribution in [0, 0.1) is 11.8 Å². The fourth-order valence-electron chi connectivity index (χ4n) is 2.64. The lowest BCUT2D eigenvalue weighted by atomic mass is 10.0. The van der Waals surface area contributed by atoms with Crippen LogP contribution in [0.25, 0.3) is 10.8 Å². The van der Waals surface area contributed by atoms with E-state index < -0.39 is 11.9 Å². The average Bonchev–Trinajstić information content (AvgIpc) is 3.27. The Hall–Kier alpha value is -2.36. The molecule has 3 rings (SSSR count). The summed E-state index contributed by atoms with van der Waals surface area (Å²) in [6.45, 7) is 1.92. The van der Waals surface area contributed by atoms with E-state index in [0.717, 1.165) is 16.3 Å². The van der Waals surface area contributed by atoms with Crippen molar-refractivity contribution in [3.8, 4) is 0 Å². The number of carboxylic acids is 1. The number of hydrogen-bond donors (Lipinski definition) is 2. The fourth-order valence-corrected chi connectivity index (χ4v) is 2.64. The second kappa shape index (κ2) is 5.20. The predicted octanol–water partition coefficient (Wildman–Crippen LogP) is 2.74. The van der Waals surface area contributed by atoms with E-state index in [1.165, 1.54) is 0 Å². The Kier molecular flexibility index (Phi) is 3.37. The van der Waals surface area contributed by atoms with Gasteiger partial charge in [-0.1, -0.05) is 36.4 Å². The number of carbonyl (C=O) groups excluding carboxylic acids is 1. The van der Waals surface area contributed by atoms with Gasteiger partial charge in [-0.05, 0) is 35.7 Å². The van der Waals surface area contributed by atoms with E-state index in [1.807, 2.05) is 43.3 Å². The molecule has 4 nitrogen and oxygen atoms in total. The lowest BCUT2D eigenvalue weighted by Crippen LogP contribution is -2.29. The third kappa shape index (κ3) is 2.75. The van der Waals surface area contributed by atoms with Gasteiger partial charge in [0.15, 0.2) is 0 Å². The van der Waals surface area contributed by atoms with Gasteiger partial charge in [0.05, 0.1) is 17.9 Å². The van der Waals surface area contributed by atoms with Crippen LogP contribution in [0.15, 0.2) is 42.5 Å². The Bertz CT molecular complexity index is 710. The SMILES string of the molecule is CC(NC(=O)C1CC1C(=O)O)c1ccc2ccccc2c1. The minimum atomic E-state index is -0.881. The van der Waals surface area contributed by atoms with Crippen molar-refractivity contribution in [3.63, 3.8) is 0 Å². The Morgan fingerprint density at radius 3 is 2.52 bits per heavy atom. The van der Waals surface area contributed by atoms with Crippen LogP contribution in [-0.4, -0.2) is 17.0 Å². The molecule has 0 radical (unpaired) electrons. The van der Waals surface area contributed by atoms with E-state index >= 15 is 0 Å². The van der Waals surface area contributed by atoms with Crippen LogP contribution in [0.1, 0.15) is 24.9 Å². The second-order valence-electron chi connectivity index (χ2n) is 5.62. The Balaban J connectivity index is 1.71. The maximum atomic E-state index is 12.0. The molecule has 0 aliphatic heterocycles. The highest BCUT2D eigenvalue weighted by Crippen LogP contribution is 2.39. The Morgan fingerprint density at radius 1 is 1.14 bits per heavy atom. The van der Waals surface area contributed by atoms with E-state index in [-0.39, 0.29) is 17.9 Å². The Labute approximate surface area is 122 Å². The van der Waals surface area contributed by atoms with Crippen LogP contribution in [-0.2, 0) is 9.59 Å². The highest BCUT2D eigenvalue weighted by Gasteiger charge is 2.48. The number of amides is 1. The van der Waals surface area contributed by atoms with Crippen LogP contribution in [0.5, 0.6) is 0 Å². The highest BCUT2D eigenvalue weighted by atomic mass is 16.4. The molecule has 1 aliphatic carbocycles. The topological polar surface area (TPSA) is 66.4 Å². The zero-order valence-electron chi connectivity index (χ0n) is 11.7. The van der Waals surface area contributed by atoms with Gasteiger partial charge in [-0.2, -0.15) is 0 Å². The van der Waals surface area contributed by atoms with Gasteiger partial charge < -0.3 is 10.4 Å². The first-order chi connectivity index (χ1) is 10.1. The first kappa shape index (κ1) is 13.6. The summed E-state index contributed by atoms with van der Waals surface area (Å²) in [7, 11) is 0. The molecule has 0 bridgehead atoms. The van der Waals surface area contributed by atoms with Gasteiger partial charge in [0.2, 0.25) is 5.91 Å². The molecule has 0 aromatic heterocycles.